The molecule has 0 spiro atoms. The molecule has 0 bridgehead atoms. The second kappa shape index (κ2) is 9.67. The number of sulfonamides is 1. The molecule has 1 N–H and O–H groups in total. The first kappa shape index (κ1) is 22.2. The van der Waals surface area contributed by atoms with Gasteiger partial charge in [0.25, 0.3) is 5.91 Å². The number of hydrogen-bond acceptors (Lipinski definition) is 3. The lowest BCUT2D eigenvalue weighted by Crippen LogP contribution is -2.43. The first-order chi connectivity index (χ1) is 15.5. The number of anilines is 1. The topological polar surface area (TPSA) is 66.5 Å². The highest BCUT2D eigenvalue weighted by Crippen LogP contribution is 2.28. The normalized spacial score (nSPS) is 17.1. The first-order valence-electron chi connectivity index (χ1n) is 11.1. The van der Waals surface area contributed by atoms with Crippen LogP contribution in [0.3, 0.4) is 0 Å². The molecule has 166 valence electrons. The average Bonchev–Trinajstić information content (AvgIpc) is 2.85. The minimum Gasteiger partial charge on any atom is -0.322 e. The Labute approximate surface area is 190 Å². The summed E-state index contributed by atoms with van der Waals surface area (Å²) in [6.45, 7) is 2.60. The van der Waals surface area contributed by atoms with Crippen molar-refractivity contribution in [1.29, 1.82) is 0 Å². The maximum Gasteiger partial charge on any atom is 0.255 e. The van der Waals surface area contributed by atoms with Crippen LogP contribution in [0.2, 0.25) is 0 Å². The Morgan fingerprint density at radius 1 is 0.906 bits per heavy atom. The summed E-state index contributed by atoms with van der Waals surface area (Å²) < 4.78 is 27.8. The van der Waals surface area contributed by atoms with Crippen LogP contribution in [0.15, 0.2) is 83.8 Å². The van der Waals surface area contributed by atoms with Crippen LogP contribution >= 0.6 is 0 Å². The van der Waals surface area contributed by atoms with Crippen molar-refractivity contribution in [3.63, 3.8) is 0 Å². The van der Waals surface area contributed by atoms with Crippen molar-refractivity contribution in [2.45, 2.75) is 43.5 Å². The van der Waals surface area contributed by atoms with E-state index in [1.165, 1.54) is 0 Å². The van der Waals surface area contributed by atoms with Crippen molar-refractivity contribution in [1.82, 2.24) is 4.31 Å². The van der Waals surface area contributed by atoms with Gasteiger partial charge in [0.1, 0.15) is 0 Å². The fourth-order valence-electron chi connectivity index (χ4n) is 4.19. The predicted molar refractivity (Wildman–Crippen MR) is 128 cm³/mol. The molecule has 1 aliphatic heterocycles. The Hall–Kier alpha value is -2.96. The van der Waals surface area contributed by atoms with E-state index in [2.05, 4.69) is 5.32 Å². The highest BCUT2D eigenvalue weighted by Gasteiger charge is 2.32. The van der Waals surface area contributed by atoms with Gasteiger partial charge in [-0.05, 0) is 66.8 Å². The maximum absolute atomic E-state index is 13.1. The number of benzene rings is 3. The summed E-state index contributed by atoms with van der Waals surface area (Å²) in [6, 6.07) is 23.9. The molecule has 0 radical (unpaired) electrons. The number of carbonyl (C=O) groups excluding carboxylic acids is 1. The first-order valence-corrected chi connectivity index (χ1v) is 12.5. The zero-order valence-electron chi connectivity index (χ0n) is 18.2. The Bertz CT molecular complexity index is 1160. The lowest BCUT2D eigenvalue weighted by atomic mass is 10.0. The third-order valence-corrected chi connectivity index (χ3v) is 7.98. The average molecular weight is 449 g/mol. The van der Waals surface area contributed by atoms with Crippen molar-refractivity contribution in [2.24, 2.45) is 0 Å². The van der Waals surface area contributed by atoms with Gasteiger partial charge >= 0.3 is 0 Å². The molecule has 3 aromatic rings. The van der Waals surface area contributed by atoms with E-state index in [-0.39, 0.29) is 16.8 Å². The van der Waals surface area contributed by atoms with Gasteiger partial charge in [-0.1, -0.05) is 55.8 Å². The van der Waals surface area contributed by atoms with E-state index in [1.54, 1.807) is 40.7 Å². The number of nitrogens with zero attached hydrogens (tertiary/aromatic N) is 1. The van der Waals surface area contributed by atoms with E-state index in [4.69, 9.17) is 0 Å². The van der Waals surface area contributed by atoms with Crippen LogP contribution in [0.4, 0.5) is 5.69 Å². The van der Waals surface area contributed by atoms with Gasteiger partial charge < -0.3 is 5.32 Å². The fourth-order valence-corrected chi connectivity index (χ4v) is 5.96. The largest absolute Gasteiger partial charge is 0.322 e. The Morgan fingerprint density at radius 3 is 2.22 bits per heavy atom. The van der Waals surface area contributed by atoms with Gasteiger partial charge in [-0.15, -0.1) is 0 Å². The fraction of sp³-hybridized carbons (Fsp3) is 0.269. The summed E-state index contributed by atoms with van der Waals surface area (Å²) in [6.07, 6.45) is 3.69. The Morgan fingerprint density at radius 2 is 1.56 bits per heavy atom. The van der Waals surface area contributed by atoms with Crippen molar-refractivity contribution < 1.29 is 13.2 Å². The molecule has 1 atom stereocenters. The zero-order chi connectivity index (χ0) is 22.6. The molecule has 1 aliphatic rings. The standard InChI is InChI=1S/C26H28N2O3S/c1-2-24-10-6-7-19-28(24)32(30,31)25-17-15-23(16-18-25)27-26(29)22-13-11-21(12-14-22)20-8-4-3-5-9-20/h3-5,8-9,11-18,24H,2,6-7,10,19H2,1H3,(H,27,29). The summed E-state index contributed by atoms with van der Waals surface area (Å²) >= 11 is 0. The molecule has 5 nitrogen and oxygen atoms in total. The highest BCUT2D eigenvalue weighted by molar-refractivity contribution is 7.89. The molecule has 1 fully saturated rings. The molecule has 6 heteroatoms. The number of rotatable bonds is 6. The minimum atomic E-state index is -3.53. The van der Waals surface area contributed by atoms with E-state index >= 15 is 0 Å². The second-order valence-corrected chi connectivity index (χ2v) is 9.99. The summed E-state index contributed by atoms with van der Waals surface area (Å²) in [7, 11) is -3.53. The monoisotopic (exact) mass is 448 g/mol. The van der Waals surface area contributed by atoms with Crippen molar-refractivity contribution >= 4 is 21.6 Å². The molecular formula is C26H28N2O3S. The lowest BCUT2D eigenvalue weighted by molar-refractivity contribution is 0.102. The van der Waals surface area contributed by atoms with Crippen LogP contribution in [-0.2, 0) is 10.0 Å². The van der Waals surface area contributed by atoms with E-state index in [9.17, 15) is 13.2 Å². The molecule has 0 aromatic heterocycles. The smallest absolute Gasteiger partial charge is 0.255 e. The van der Waals surface area contributed by atoms with Crippen LogP contribution in [0, 0.1) is 0 Å². The van der Waals surface area contributed by atoms with Crippen molar-refractivity contribution in [3.8, 4) is 11.1 Å². The molecule has 4 rings (SSSR count). The lowest BCUT2D eigenvalue weighted by Gasteiger charge is -2.34. The minimum absolute atomic E-state index is 0.0620. The number of piperidine rings is 1. The number of carbonyl (C=O) groups is 1. The van der Waals surface area contributed by atoms with Gasteiger partial charge in [-0.25, -0.2) is 8.42 Å². The molecule has 1 amide bonds. The van der Waals surface area contributed by atoms with Crippen LogP contribution < -0.4 is 5.32 Å². The third kappa shape index (κ3) is 4.76. The molecule has 1 heterocycles. The predicted octanol–water partition coefficient (Wildman–Crippen LogP) is 5.56. The van der Waals surface area contributed by atoms with Crippen LogP contribution in [-0.4, -0.2) is 31.2 Å². The quantitative estimate of drug-likeness (QED) is 0.537. The number of nitrogens with one attached hydrogen (secondary N) is 1. The zero-order valence-corrected chi connectivity index (χ0v) is 19.0. The van der Waals surface area contributed by atoms with E-state index in [0.29, 0.717) is 17.8 Å². The molecule has 1 unspecified atom stereocenters. The summed E-state index contributed by atoms with van der Waals surface area (Å²) in [5.74, 6) is -0.234. The van der Waals surface area contributed by atoms with Crippen molar-refractivity contribution in [2.75, 3.05) is 11.9 Å². The summed E-state index contributed by atoms with van der Waals surface area (Å²) in [5, 5.41) is 2.85. The van der Waals surface area contributed by atoms with Gasteiger partial charge in [0, 0.05) is 23.8 Å². The molecule has 0 saturated carbocycles. The molecule has 1 saturated heterocycles. The second-order valence-electron chi connectivity index (χ2n) is 8.10. The van der Waals surface area contributed by atoms with Gasteiger partial charge in [0.05, 0.1) is 4.90 Å². The van der Waals surface area contributed by atoms with Crippen molar-refractivity contribution in [3.05, 3.63) is 84.4 Å². The Balaban J connectivity index is 1.45. The summed E-state index contributed by atoms with van der Waals surface area (Å²) in [5.41, 5.74) is 3.24. The van der Waals surface area contributed by atoms with Gasteiger partial charge in [0.15, 0.2) is 0 Å². The van der Waals surface area contributed by atoms with Crippen LogP contribution in [0.5, 0.6) is 0 Å². The number of hydrogen-bond donors (Lipinski definition) is 1. The van der Waals surface area contributed by atoms with Gasteiger partial charge in [-0.3, -0.25) is 4.79 Å². The third-order valence-electron chi connectivity index (χ3n) is 6.02. The highest BCUT2D eigenvalue weighted by atomic mass is 32.2. The molecule has 3 aromatic carbocycles. The van der Waals surface area contributed by atoms with E-state index in [0.717, 1.165) is 36.8 Å². The Kier molecular flexibility index (Phi) is 6.72. The van der Waals surface area contributed by atoms with Gasteiger partial charge in [0.2, 0.25) is 10.0 Å². The van der Waals surface area contributed by atoms with Crippen LogP contribution in [0.1, 0.15) is 43.0 Å². The van der Waals surface area contributed by atoms with Crippen LogP contribution in [0.25, 0.3) is 11.1 Å². The molecule has 32 heavy (non-hydrogen) atoms. The molecular weight excluding hydrogens is 420 g/mol. The maximum atomic E-state index is 13.1. The SMILES string of the molecule is CCC1CCCCN1S(=O)(=O)c1ccc(NC(=O)c2ccc(-c3ccccc3)cc2)cc1. The van der Waals surface area contributed by atoms with E-state index < -0.39 is 10.0 Å². The number of amides is 1. The molecule has 0 aliphatic carbocycles. The van der Waals surface area contributed by atoms with E-state index in [1.807, 2.05) is 49.4 Å². The van der Waals surface area contributed by atoms with Gasteiger partial charge in [-0.2, -0.15) is 4.31 Å². The summed E-state index contributed by atoms with van der Waals surface area (Å²) in [4.78, 5) is 12.9.